The summed E-state index contributed by atoms with van der Waals surface area (Å²) in [5.41, 5.74) is 2.54. The van der Waals surface area contributed by atoms with Crippen LogP contribution in [0.25, 0.3) is 0 Å². The summed E-state index contributed by atoms with van der Waals surface area (Å²) in [7, 11) is 0. The van der Waals surface area contributed by atoms with Crippen LogP contribution >= 0.6 is 0 Å². The Bertz CT molecular complexity index is 528. The summed E-state index contributed by atoms with van der Waals surface area (Å²) in [5.74, 6) is 0.953. The highest BCUT2D eigenvalue weighted by atomic mass is 16.5. The van der Waals surface area contributed by atoms with Gasteiger partial charge in [-0.25, -0.2) is 0 Å². The fraction of sp³-hybridized carbons (Fsp3) is 0.389. The Balaban J connectivity index is 1.82. The van der Waals surface area contributed by atoms with E-state index in [0.29, 0.717) is 6.04 Å². The zero-order valence-electron chi connectivity index (χ0n) is 12.9. The largest absolute Gasteiger partial charge is 0.494 e. The molecule has 2 rings (SSSR count). The van der Waals surface area contributed by atoms with Crippen LogP contribution in [-0.4, -0.2) is 24.2 Å². The molecule has 0 bridgehead atoms. The number of likely N-dealkylation sites (N-methyl/N-ethyl adjacent to an activating group) is 1. The highest BCUT2D eigenvalue weighted by Gasteiger charge is 2.08. The summed E-state index contributed by atoms with van der Waals surface area (Å²) < 4.78 is 5.85. The van der Waals surface area contributed by atoms with Crippen LogP contribution in [0.1, 0.15) is 24.5 Å². The second kappa shape index (κ2) is 8.42. The first-order chi connectivity index (χ1) is 10.3. The monoisotopic (exact) mass is 284 g/mol. The zero-order chi connectivity index (χ0) is 14.9. The molecule has 0 saturated heterocycles. The molecule has 1 aromatic carbocycles. The van der Waals surface area contributed by atoms with Crippen molar-refractivity contribution in [2.24, 2.45) is 0 Å². The minimum absolute atomic E-state index is 0.433. The number of pyridine rings is 1. The average Bonchev–Trinajstić information content (AvgIpc) is 2.48. The predicted molar refractivity (Wildman–Crippen MR) is 86.7 cm³/mol. The van der Waals surface area contributed by atoms with Gasteiger partial charge in [-0.2, -0.15) is 0 Å². The summed E-state index contributed by atoms with van der Waals surface area (Å²) in [6.45, 7) is 5.92. The van der Waals surface area contributed by atoms with E-state index in [4.69, 9.17) is 4.74 Å². The third-order valence-corrected chi connectivity index (χ3v) is 3.45. The van der Waals surface area contributed by atoms with Crippen molar-refractivity contribution >= 4 is 0 Å². The van der Waals surface area contributed by atoms with Crippen molar-refractivity contribution in [3.63, 3.8) is 0 Å². The second-order valence-corrected chi connectivity index (χ2v) is 5.27. The number of ether oxygens (including phenoxy) is 1. The van der Waals surface area contributed by atoms with Crippen LogP contribution in [0, 0.1) is 6.92 Å². The van der Waals surface area contributed by atoms with Gasteiger partial charge in [0.2, 0.25) is 0 Å². The number of hydrogen-bond acceptors (Lipinski definition) is 3. The maximum Gasteiger partial charge on any atom is 0.119 e. The highest BCUT2D eigenvalue weighted by molar-refractivity contribution is 5.27. The number of nitrogens with one attached hydrogen (secondary N) is 1. The van der Waals surface area contributed by atoms with Gasteiger partial charge in [-0.05, 0) is 61.7 Å². The van der Waals surface area contributed by atoms with Crippen molar-refractivity contribution in [2.75, 3.05) is 13.2 Å². The minimum atomic E-state index is 0.433. The van der Waals surface area contributed by atoms with Gasteiger partial charge in [0.1, 0.15) is 5.75 Å². The van der Waals surface area contributed by atoms with Gasteiger partial charge in [-0.15, -0.1) is 0 Å². The predicted octanol–water partition coefficient (Wildman–Crippen LogP) is 3.38. The van der Waals surface area contributed by atoms with E-state index in [1.807, 2.05) is 24.5 Å². The molecule has 1 aromatic heterocycles. The maximum atomic E-state index is 5.85. The van der Waals surface area contributed by atoms with Crippen molar-refractivity contribution in [2.45, 2.75) is 32.7 Å². The van der Waals surface area contributed by atoms with Crippen LogP contribution in [0.2, 0.25) is 0 Å². The third-order valence-electron chi connectivity index (χ3n) is 3.45. The van der Waals surface area contributed by atoms with Crippen LogP contribution in [-0.2, 0) is 6.42 Å². The molecule has 1 atom stereocenters. The topological polar surface area (TPSA) is 34.1 Å². The smallest absolute Gasteiger partial charge is 0.119 e. The van der Waals surface area contributed by atoms with E-state index in [9.17, 15) is 0 Å². The second-order valence-electron chi connectivity index (χ2n) is 5.27. The van der Waals surface area contributed by atoms with E-state index >= 15 is 0 Å². The van der Waals surface area contributed by atoms with Crippen LogP contribution in [0.3, 0.4) is 0 Å². The highest BCUT2D eigenvalue weighted by Crippen LogP contribution is 2.13. The number of rotatable bonds is 8. The van der Waals surface area contributed by atoms with Crippen LogP contribution in [0.5, 0.6) is 5.75 Å². The van der Waals surface area contributed by atoms with Crippen molar-refractivity contribution in [1.82, 2.24) is 10.3 Å². The van der Waals surface area contributed by atoms with E-state index in [1.54, 1.807) is 0 Å². The van der Waals surface area contributed by atoms with Gasteiger partial charge in [-0.3, -0.25) is 4.98 Å². The molecular formula is C18H24N2O. The first-order valence-electron chi connectivity index (χ1n) is 7.59. The first-order valence-corrected chi connectivity index (χ1v) is 7.59. The van der Waals surface area contributed by atoms with Gasteiger partial charge >= 0.3 is 0 Å². The normalized spacial score (nSPS) is 12.1. The van der Waals surface area contributed by atoms with Crippen LogP contribution < -0.4 is 10.1 Å². The van der Waals surface area contributed by atoms with E-state index in [0.717, 1.165) is 31.7 Å². The third kappa shape index (κ3) is 5.56. The fourth-order valence-electron chi connectivity index (χ4n) is 2.39. The summed E-state index contributed by atoms with van der Waals surface area (Å²) in [6, 6.07) is 12.8. The molecule has 0 saturated carbocycles. The van der Waals surface area contributed by atoms with Crippen molar-refractivity contribution in [3.8, 4) is 5.75 Å². The summed E-state index contributed by atoms with van der Waals surface area (Å²) in [4.78, 5) is 4.06. The number of hydrogen-bond donors (Lipinski definition) is 1. The Hall–Kier alpha value is -1.87. The van der Waals surface area contributed by atoms with Crippen molar-refractivity contribution < 1.29 is 4.74 Å². The summed E-state index contributed by atoms with van der Waals surface area (Å²) in [6.07, 6.45) is 5.70. The molecule has 0 radical (unpaired) electrons. The van der Waals surface area contributed by atoms with Gasteiger partial charge < -0.3 is 10.1 Å². The molecule has 2 aromatic rings. The van der Waals surface area contributed by atoms with Gasteiger partial charge in [0.15, 0.2) is 0 Å². The SMILES string of the molecule is CCNC(CCOc1cccc(C)c1)Cc1ccncc1. The lowest BCUT2D eigenvalue weighted by Gasteiger charge is -2.18. The molecule has 0 amide bonds. The van der Waals surface area contributed by atoms with Crippen molar-refractivity contribution in [3.05, 3.63) is 59.9 Å². The fourth-order valence-corrected chi connectivity index (χ4v) is 2.39. The Morgan fingerprint density at radius 1 is 1.19 bits per heavy atom. The summed E-state index contributed by atoms with van der Waals surface area (Å²) >= 11 is 0. The Morgan fingerprint density at radius 2 is 2.00 bits per heavy atom. The molecule has 1 N–H and O–H groups in total. The Morgan fingerprint density at radius 3 is 2.71 bits per heavy atom. The number of nitrogens with zero attached hydrogens (tertiary/aromatic N) is 1. The minimum Gasteiger partial charge on any atom is -0.494 e. The van der Waals surface area contributed by atoms with Gasteiger partial charge in [0.25, 0.3) is 0 Å². The number of aromatic nitrogens is 1. The number of benzene rings is 1. The lowest BCUT2D eigenvalue weighted by molar-refractivity contribution is 0.285. The van der Waals surface area contributed by atoms with Crippen LogP contribution in [0.15, 0.2) is 48.8 Å². The molecule has 0 spiro atoms. The molecule has 1 unspecified atom stereocenters. The van der Waals surface area contributed by atoms with Gasteiger partial charge in [0, 0.05) is 18.4 Å². The van der Waals surface area contributed by atoms with Crippen LogP contribution in [0.4, 0.5) is 0 Å². The summed E-state index contributed by atoms with van der Waals surface area (Å²) in [5, 5.41) is 3.53. The Labute approximate surface area is 127 Å². The molecule has 1 heterocycles. The van der Waals surface area contributed by atoms with Gasteiger partial charge in [-0.1, -0.05) is 19.1 Å². The molecule has 0 aliphatic carbocycles. The van der Waals surface area contributed by atoms with Crippen molar-refractivity contribution in [1.29, 1.82) is 0 Å². The average molecular weight is 284 g/mol. The molecule has 0 aliphatic heterocycles. The molecule has 21 heavy (non-hydrogen) atoms. The zero-order valence-corrected chi connectivity index (χ0v) is 12.9. The molecule has 3 heteroatoms. The van der Waals surface area contributed by atoms with E-state index in [2.05, 4.69) is 48.4 Å². The molecule has 0 aliphatic rings. The standard InChI is InChI=1S/C18H24N2O/c1-3-20-17(14-16-7-10-19-11-8-16)9-12-21-18-6-4-5-15(2)13-18/h4-8,10-11,13,17,20H,3,9,12,14H2,1-2H3. The molecule has 3 nitrogen and oxygen atoms in total. The van der Waals surface area contributed by atoms with E-state index in [-0.39, 0.29) is 0 Å². The molecular weight excluding hydrogens is 260 g/mol. The van der Waals surface area contributed by atoms with E-state index < -0.39 is 0 Å². The molecule has 0 fully saturated rings. The quantitative estimate of drug-likeness (QED) is 0.807. The van der Waals surface area contributed by atoms with E-state index in [1.165, 1.54) is 11.1 Å². The lowest BCUT2D eigenvalue weighted by Crippen LogP contribution is -2.32. The first kappa shape index (κ1) is 15.5. The van der Waals surface area contributed by atoms with Gasteiger partial charge in [0.05, 0.1) is 6.61 Å². The number of aryl methyl sites for hydroxylation is 1. The molecule has 112 valence electrons. The lowest BCUT2D eigenvalue weighted by atomic mass is 10.0. The maximum absolute atomic E-state index is 5.85. The Kier molecular flexibility index (Phi) is 6.22.